The van der Waals surface area contributed by atoms with Crippen molar-refractivity contribution in [3.63, 3.8) is 0 Å². The fourth-order valence-corrected chi connectivity index (χ4v) is 2.45. The third kappa shape index (κ3) is 2.40. The number of hydrogen-bond donors (Lipinski definition) is 2. The second kappa shape index (κ2) is 5.29. The summed E-state index contributed by atoms with van der Waals surface area (Å²) in [6.07, 6.45) is 0.990. The van der Waals surface area contributed by atoms with Crippen molar-refractivity contribution in [1.29, 1.82) is 0 Å². The Morgan fingerprint density at radius 1 is 0.842 bits per heavy atom. The van der Waals surface area contributed by atoms with Gasteiger partial charge in [-0.1, -0.05) is 36.4 Å². The van der Waals surface area contributed by atoms with E-state index >= 15 is 0 Å². The first-order valence-corrected chi connectivity index (χ1v) is 6.74. The van der Waals surface area contributed by atoms with Crippen LogP contribution in [0.2, 0.25) is 0 Å². The molecule has 0 heterocycles. The fourth-order valence-electron chi connectivity index (χ4n) is 2.45. The summed E-state index contributed by atoms with van der Waals surface area (Å²) in [5.74, 6) is 0. The monoisotopic (exact) mass is 250 g/mol. The van der Waals surface area contributed by atoms with Gasteiger partial charge in [-0.2, -0.15) is 0 Å². The van der Waals surface area contributed by atoms with Gasteiger partial charge in [-0.3, -0.25) is 0 Å². The third-order valence-electron chi connectivity index (χ3n) is 3.44. The van der Waals surface area contributed by atoms with Crippen molar-refractivity contribution < 1.29 is 0 Å². The van der Waals surface area contributed by atoms with E-state index in [0.29, 0.717) is 0 Å². The van der Waals surface area contributed by atoms with Gasteiger partial charge in [0.05, 0.1) is 0 Å². The average molecular weight is 250 g/mol. The van der Waals surface area contributed by atoms with Crippen LogP contribution in [0.5, 0.6) is 0 Å². The van der Waals surface area contributed by atoms with Gasteiger partial charge in [0.25, 0.3) is 0 Å². The molecule has 0 unspecified atom stereocenters. The molecule has 2 nitrogen and oxygen atoms in total. The van der Waals surface area contributed by atoms with Gasteiger partial charge in [-0.15, -0.1) is 0 Å². The van der Waals surface area contributed by atoms with Crippen molar-refractivity contribution in [2.75, 3.05) is 18.4 Å². The Bertz CT molecular complexity index is 704. The number of benzene rings is 3. The Balaban J connectivity index is 2.09. The zero-order valence-corrected chi connectivity index (χ0v) is 10.9. The van der Waals surface area contributed by atoms with Crippen LogP contribution in [0.25, 0.3) is 21.5 Å². The minimum absolute atomic E-state index is 0.723. The van der Waals surface area contributed by atoms with Gasteiger partial charge in [0.1, 0.15) is 0 Å². The predicted molar refractivity (Wildman–Crippen MR) is 83.6 cm³/mol. The molecule has 0 spiro atoms. The fraction of sp³-hybridized carbons (Fsp3) is 0.176. The molecule has 3 N–H and O–H groups in total. The van der Waals surface area contributed by atoms with E-state index < -0.39 is 0 Å². The summed E-state index contributed by atoms with van der Waals surface area (Å²) in [6.45, 7) is 1.64. The van der Waals surface area contributed by atoms with Crippen molar-refractivity contribution in [1.82, 2.24) is 0 Å². The van der Waals surface area contributed by atoms with E-state index in [0.717, 1.165) is 19.5 Å². The molecule has 0 fully saturated rings. The number of fused-ring (bicyclic) bond motifs is 2. The summed E-state index contributed by atoms with van der Waals surface area (Å²) in [5, 5.41) is 8.59. The molecule has 0 saturated heterocycles. The average Bonchev–Trinajstić information content (AvgIpc) is 2.46. The lowest BCUT2D eigenvalue weighted by atomic mass is 10.0. The van der Waals surface area contributed by atoms with Crippen LogP contribution in [0.15, 0.2) is 54.6 Å². The van der Waals surface area contributed by atoms with Crippen molar-refractivity contribution in [3.8, 4) is 0 Å². The Kier molecular flexibility index (Phi) is 3.34. The molecule has 0 aliphatic carbocycles. The molecule has 3 rings (SSSR count). The van der Waals surface area contributed by atoms with E-state index in [4.69, 9.17) is 5.73 Å². The summed E-state index contributed by atoms with van der Waals surface area (Å²) >= 11 is 0. The first kappa shape index (κ1) is 12.0. The van der Waals surface area contributed by atoms with E-state index in [1.54, 1.807) is 0 Å². The van der Waals surface area contributed by atoms with E-state index in [1.807, 2.05) is 0 Å². The van der Waals surface area contributed by atoms with E-state index in [9.17, 15) is 0 Å². The SMILES string of the molecule is NCCCNc1cccc2cc3ccccc3cc12. The van der Waals surface area contributed by atoms with Gasteiger partial charge >= 0.3 is 0 Å². The first-order valence-electron chi connectivity index (χ1n) is 6.74. The summed E-state index contributed by atoms with van der Waals surface area (Å²) in [6, 6.07) is 19.4. The number of anilines is 1. The van der Waals surface area contributed by atoms with Gasteiger partial charge < -0.3 is 11.1 Å². The van der Waals surface area contributed by atoms with Crippen molar-refractivity contribution >= 4 is 27.2 Å². The number of nitrogens with two attached hydrogens (primary N) is 1. The zero-order chi connectivity index (χ0) is 13.1. The lowest BCUT2D eigenvalue weighted by Gasteiger charge is -2.10. The van der Waals surface area contributed by atoms with Crippen LogP contribution in [0, 0.1) is 0 Å². The van der Waals surface area contributed by atoms with Crippen LogP contribution in [0.3, 0.4) is 0 Å². The second-order valence-corrected chi connectivity index (χ2v) is 4.80. The first-order chi connectivity index (χ1) is 9.38. The number of nitrogens with one attached hydrogen (secondary N) is 1. The standard InChI is InChI=1S/C17H18N2/c18-9-4-10-19-17-8-3-7-15-11-13-5-1-2-6-14(13)12-16(15)17/h1-3,5-8,11-12,19H,4,9-10,18H2. The molecular formula is C17H18N2. The quantitative estimate of drug-likeness (QED) is 0.546. The minimum Gasteiger partial charge on any atom is -0.384 e. The van der Waals surface area contributed by atoms with Crippen LogP contribution in [0.1, 0.15) is 6.42 Å². The van der Waals surface area contributed by atoms with E-state index in [-0.39, 0.29) is 0 Å². The maximum absolute atomic E-state index is 5.54. The molecular weight excluding hydrogens is 232 g/mol. The number of hydrogen-bond acceptors (Lipinski definition) is 2. The zero-order valence-electron chi connectivity index (χ0n) is 10.9. The molecule has 3 aromatic rings. The Labute approximate surface area is 113 Å². The minimum atomic E-state index is 0.723. The van der Waals surface area contributed by atoms with E-state index in [1.165, 1.54) is 27.2 Å². The van der Waals surface area contributed by atoms with Gasteiger partial charge in [-0.05, 0) is 47.3 Å². The Morgan fingerprint density at radius 2 is 1.58 bits per heavy atom. The van der Waals surface area contributed by atoms with Crippen LogP contribution < -0.4 is 11.1 Å². The normalized spacial score (nSPS) is 11.0. The summed E-state index contributed by atoms with van der Waals surface area (Å²) in [4.78, 5) is 0. The van der Waals surface area contributed by atoms with Gasteiger partial charge in [-0.25, -0.2) is 0 Å². The van der Waals surface area contributed by atoms with Crippen molar-refractivity contribution in [2.24, 2.45) is 5.73 Å². The Hall–Kier alpha value is -2.06. The van der Waals surface area contributed by atoms with Gasteiger partial charge in [0.2, 0.25) is 0 Å². The molecule has 19 heavy (non-hydrogen) atoms. The summed E-state index contributed by atoms with van der Waals surface area (Å²) < 4.78 is 0. The topological polar surface area (TPSA) is 38.0 Å². The second-order valence-electron chi connectivity index (χ2n) is 4.80. The van der Waals surface area contributed by atoms with E-state index in [2.05, 4.69) is 59.9 Å². The molecule has 0 aliphatic heterocycles. The van der Waals surface area contributed by atoms with Gasteiger partial charge in [0.15, 0.2) is 0 Å². The molecule has 96 valence electrons. The summed E-state index contributed by atoms with van der Waals surface area (Å²) in [5.41, 5.74) is 6.73. The molecule has 0 amide bonds. The maximum atomic E-state index is 5.54. The third-order valence-corrected chi connectivity index (χ3v) is 3.44. The maximum Gasteiger partial charge on any atom is 0.0420 e. The predicted octanol–water partition coefficient (Wildman–Crippen LogP) is 3.75. The van der Waals surface area contributed by atoms with Gasteiger partial charge in [0, 0.05) is 17.6 Å². The molecule has 2 heteroatoms. The molecule has 0 aromatic heterocycles. The number of rotatable bonds is 4. The summed E-state index contributed by atoms with van der Waals surface area (Å²) in [7, 11) is 0. The van der Waals surface area contributed by atoms with Crippen LogP contribution in [0.4, 0.5) is 5.69 Å². The molecule has 0 radical (unpaired) electrons. The lowest BCUT2D eigenvalue weighted by molar-refractivity contribution is 0.875. The highest BCUT2D eigenvalue weighted by atomic mass is 14.9. The van der Waals surface area contributed by atoms with Crippen molar-refractivity contribution in [3.05, 3.63) is 54.6 Å². The molecule has 0 atom stereocenters. The molecule has 0 bridgehead atoms. The highest BCUT2D eigenvalue weighted by Gasteiger charge is 2.02. The van der Waals surface area contributed by atoms with Crippen molar-refractivity contribution in [2.45, 2.75) is 6.42 Å². The Morgan fingerprint density at radius 3 is 2.37 bits per heavy atom. The lowest BCUT2D eigenvalue weighted by Crippen LogP contribution is -2.08. The highest BCUT2D eigenvalue weighted by Crippen LogP contribution is 2.28. The van der Waals surface area contributed by atoms with Crippen LogP contribution in [-0.4, -0.2) is 13.1 Å². The van der Waals surface area contributed by atoms with Crippen LogP contribution >= 0.6 is 0 Å². The highest BCUT2D eigenvalue weighted by molar-refractivity contribution is 6.03. The molecule has 0 aliphatic rings. The van der Waals surface area contributed by atoms with Crippen LogP contribution in [-0.2, 0) is 0 Å². The molecule has 3 aromatic carbocycles. The largest absolute Gasteiger partial charge is 0.384 e. The smallest absolute Gasteiger partial charge is 0.0420 e. The molecule has 0 saturated carbocycles.